The van der Waals surface area contributed by atoms with Crippen LogP contribution in [0.1, 0.15) is 0 Å². The predicted octanol–water partition coefficient (Wildman–Crippen LogP) is 2.43. The average molecular weight is 231 g/mol. The molecule has 2 aromatic rings. The van der Waals surface area contributed by atoms with Crippen molar-refractivity contribution in [2.75, 3.05) is 19.5 Å². The van der Waals surface area contributed by atoms with E-state index in [4.69, 9.17) is 9.47 Å². The van der Waals surface area contributed by atoms with Crippen molar-refractivity contribution < 1.29 is 14.3 Å². The van der Waals surface area contributed by atoms with Crippen LogP contribution in [0.3, 0.4) is 0 Å². The Morgan fingerprint density at radius 1 is 1.18 bits per heavy atom. The van der Waals surface area contributed by atoms with Crippen LogP contribution in [0.2, 0.25) is 0 Å². The standard InChI is InChI=1S/C13H13NO3/c1-16-11-7-9-5-3-4-6-10(9)12(14-8-15)13(11)17-2/h3-8H,1-2H3,(H,14,15). The van der Waals surface area contributed by atoms with Gasteiger partial charge in [-0.05, 0) is 11.5 Å². The van der Waals surface area contributed by atoms with Crippen LogP contribution in [0.5, 0.6) is 11.5 Å². The lowest BCUT2D eigenvalue weighted by molar-refractivity contribution is -0.105. The van der Waals surface area contributed by atoms with Crippen molar-refractivity contribution in [2.24, 2.45) is 0 Å². The summed E-state index contributed by atoms with van der Waals surface area (Å²) in [6.07, 6.45) is 0.629. The Morgan fingerprint density at radius 2 is 1.94 bits per heavy atom. The number of hydrogen-bond acceptors (Lipinski definition) is 3. The molecular formula is C13H13NO3. The number of fused-ring (bicyclic) bond motifs is 1. The van der Waals surface area contributed by atoms with Crippen LogP contribution in [0.15, 0.2) is 30.3 Å². The molecule has 4 heteroatoms. The molecule has 0 unspecified atom stereocenters. The molecule has 0 aliphatic rings. The maximum absolute atomic E-state index is 10.7. The van der Waals surface area contributed by atoms with Gasteiger partial charge in [0.2, 0.25) is 6.41 Å². The van der Waals surface area contributed by atoms with Crippen molar-refractivity contribution in [1.29, 1.82) is 0 Å². The normalized spacial score (nSPS) is 10.0. The molecule has 2 aromatic carbocycles. The van der Waals surface area contributed by atoms with Gasteiger partial charge in [-0.25, -0.2) is 0 Å². The zero-order valence-electron chi connectivity index (χ0n) is 9.69. The summed E-state index contributed by atoms with van der Waals surface area (Å²) in [4.78, 5) is 10.7. The maximum atomic E-state index is 10.7. The van der Waals surface area contributed by atoms with E-state index >= 15 is 0 Å². The molecule has 0 fully saturated rings. The van der Waals surface area contributed by atoms with Crippen LogP contribution < -0.4 is 14.8 Å². The lowest BCUT2D eigenvalue weighted by Gasteiger charge is -2.14. The smallest absolute Gasteiger partial charge is 0.211 e. The summed E-state index contributed by atoms with van der Waals surface area (Å²) in [6.45, 7) is 0. The van der Waals surface area contributed by atoms with E-state index < -0.39 is 0 Å². The van der Waals surface area contributed by atoms with Gasteiger partial charge in [0.1, 0.15) is 0 Å². The van der Waals surface area contributed by atoms with Crippen LogP contribution in [-0.2, 0) is 4.79 Å². The molecule has 0 saturated carbocycles. The first-order valence-electron chi connectivity index (χ1n) is 5.15. The second-order valence-corrected chi connectivity index (χ2v) is 3.47. The Labute approximate surface area is 99.1 Å². The highest BCUT2D eigenvalue weighted by molar-refractivity contribution is 6.02. The van der Waals surface area contributed by atoms with Gasteiger partial charge in [0, 0.05) is 5.39 Å². The van der Waals surface area contributed by atoms with Crippen LogP contribution in [0.25, 0.3) is 10.8 Å². The molecule has 0 aliphatic heterocycles. The van der Waals surface area contributed by atoms with Gasteiger partial charge >= 0.3 is 0 Å². The van der Waals surface area contributed by atoms with E-state index in [9.17, 15) is 4.79 Å². The Kier molecular flexibility index (Phi) is 3.14. The molecule has 0 bridgehead atoms. The average Bonchev–Trinajstić information content (AvgIpc) is 2.38. The molecule has 0 aliphatic carbocycles. The minimum atomic E-state index is 0.526. The quantitative estimate of drug-likeness (QED) is 0.822. The predicted molar refractivity (Wildman–Crippen MR) is 66.7 cm³/mol. The minimum Gasteiger partial charge on any atom is -0.493 e. The topological polar surface area (TPSA) is 47.6 Å². The molecule has 1 N–H and O–H groups in total. The van der Waals surface area contributed by atoms with Crippen molar-refractivity contribution in [2.45, 2.75) is 0 Å². The number of nitrogens with one attached hydrogen (secondary N) is 1. The third-order valence-electron chi connectivity index (χ3n) is 2.59. The fourth-order valence-corrected chi connectivity index (χ4v) is 1.86. The molecule has 0 saturated heterocycles. The highest BCUT2D eigenvalue weighted by atomic mass is 16.5. The molecule has 0 radical (unpaired) electrons. The van der Waals surface area contributed by atoms with E-state index in [1.807, 2.05) is 30.3 Å². The van der Waals surface area contributed by atoms with Crippen molar-refractivity contribution in [3.05, 3.63) is 30.3 Å². The van der Waals surface area contributed by atoms with Crippen LogP contribution in [-0.4, -0.2) is 20.6 Å². The number of carbonyl (C=O) groups is 1. The van der Waals surface area contributed by atoms with Gasteiger partial charge in [0.05, 0.1) is 19.9 Å². The molecule has 2 rings (SSSR count). The van der Waals surface area contributed by atoms with E-state index in [1.54, 1.807) is 14.2 Å². The second kappa shape index (κ2) is 4.74. The summed E-state index contributed by atoms with van der Waals surface area (Å²) in [5.41, 5.74) is 0.623. The lowest BCUT2D eigenvalue weighted by atomic mass is 10.1. The molecule has 17 heavy (non-hydrogen) atoms. The molecule has 0 spiro atoms. The zero-order chi connectivity index (χ0) is 12.3. The van der Waals surface area contributed by atoms with Gasteiger partial charge in [0.15, 0.2) is 11.5 Å². The van der Waals surface area contributed by atoms with Crippen molar-refractivity contribution in [3.63, 3.8) is 0 Å². The molecular weight excluding hydrogens is 218 g/mol. The van der Waals surface area contributed by atoms with E-state index in [-0.39, 0.29) is 0 Å². The monoisotopic (exact) mass is 231 g/mol. The Hall–Kier alpha value is -2.23. The van der Waals surface area contributed by atoms with Crippen molar-refractivity contribution in [1.82, 2.24) is 0 Å². The van der Waals surface area contributed by atoms with Gasteiger partial charge in [-0.2, -0.15) is 0 Å². The summed E-state index contributed by atoms with van der Waals surface area (Å²) in [6, 6.07) is 9.59. The van der Waals surface area contributed by atoms with Crippen molar-refractivity contribution in [3.8, 4) is 11.5 Å². The van der Waals surface area contributed by atoms with Crippen LogP contribution in [0.4, 0.5) is 5.69 Å². The highest BCUT2D eigenvalue weighted by Crippen LogP contribution is 2.41. The van der Waals surface area contributed by atoms with E-state index in [1.165, 1.54) is 0 Å². The number of anilines is 1. The van der Waals surface area contributed by atoms with Crippen LogP contribution in [0, 0.1) is 0 Å². The number of ether oxygens (including phenoxy) is 2. The summed E-state index contributed by atoms with van der Waals surface area (Å²) in [5.74, 6) is 1.12. The van der Waals surface area contributed by atoms with Crippen LogP contribution >= 0.6 is 0 Å². The van der Waals surface area contributed by atoms with Crippen molar-refractivity contribution >= 4 is 22.9 Å². The van der Waals surface area contributed by atoms with Gasteiger partial charge < -0.3 is 14.8 Å². The number of amides is 1. The third kappa shape index (κ3) is 1.89. The molecule has 1 amide bonds. The molecule has 0 atom stereocenters. The number of hydrogen-bond donors (Lipinski definition) is 1. The fraction of sp³-hybridized carbons (Fsp3) is 0.154. The highest BCUT2D eigenvalue weighted by Gasteiger charge is 2.13. The first-order chi connectivity index (χ1) is 8.31. The van der Waals surface area contributed by atoms with Gasteiger partial charge in [0.25, 0.3) is 0 Å². The lowest BCUT2D eigenvalue weighted by Crippen LogP contribution is -2.00. The SMILES string of the molecule is COc1cc2ccccc2c(NC=O)c1OC. The molecule has 4 nitrogen and oxygen atoms in total. The van der Waals surface area contributed by atoms with E-state index in [2.05, 4.69) is 5.32 Å². The second-order valence-electron chi connectivity index (χ2n) is 3.47. The summed E-state index contributed by atoms with van der Waals surface area (Å²) >= 11 is 0. The Balaban J connectivity index is 2.80. The summed E-state index contributed by atoms with van der Waals surface area (Å²) < 4.78 is 10.5. The number of carbonyl (C=O) groups excluding carboxylic acids is 1. The zero-order valence-corrected chi connectivity index (χ0v) is 9.69. The van der Waals surface area contributed by atoms with Gasteiger partial charge in [-0.15, -0.1) is 0 Å². The van der Waals surface area contributed by atoms with E-state index in [0.29, 0.717) is 23.6 Å². The minimum absolute atomic E-state index is 0.526. The number of methoxy groups -OCH3 is 2. The Morgan fingerprint density at radius 3 is 2.59 bits per heavy atom. The Bertz CT molecular complexity index is 552. The molecule has 88 valence electrons. The van der Waals surface area contributed by atoms with Gasteiger partial charge in [-0.1, -0.05) is 24.3 Å². The van der Waals surface area contributed by atoms with Gasteiger partial charge in [-0.3, -0.25) is 4.79 Å². The third-order valence-corrected chi connectivity index (χ3v) is 2.59. The summed E-state index contributed by atoms with van der Waals surface area (Å²) in [7, 11) is 3.11. The summed E-state index contributed by atoms with van der Waals surface area (Å²) in [5, 5.41) is 4.55. The first-order valence-corrected chi connectivity index (χ1v) is 5.15. The maximum Gasteiger partial charge on any atom is 0.211 e. The van der Waals surface area contributed by atoms with E-state index in [0.717, 1.165) is 10.8 Å². The number of rotatable bonds is 4. The fourth-order valence-electron chi connectivity index (χ4n) is 1.86. The number of benzene rings is 2. The largest absolute Gasteiger partial charge is 0.493 e. The first kappa shape index (κ1) is 11.3. The molecule has 0 aromatic heterocycles. The molecule has 0 heterocycles.